The molecule has 41 heavy (non-hydrogen) atoms. The third kappa shape index (κ3) is 7.67. The van der Waals surface area contributed by atoms with Crippen LogP contribution in [0.2, 0.25) is 0 Å². The van der Waals surface area contributed by atoms with E-state index >= 15 is 0 Å². The number of hydrogen-bond donors (Lipinski definition) is 6. The van der Waals surface area contributed by atoms with E-state index in [-0.39, 0.29) is 22.6 Å². The number of carbonyl (C=O) groups excluding carboxylic acids is 3. The van der Waals surface area contributed by atoms with E-state index in [0.29, 0.717) is 0 Å². The molecule has 14 nitrogen and oxygen atoms in total. The van der Waals surface area contributed by atoms with Gasteiger partial charge in [-0.15, -0.1) is 0 Å². The van der Waals surface area contributed by atoms with Gasteiger partial charge in [0, 0.05) is 25.0 Å². The Hall–Kier alpha value is -5.24. The number of methoxy groups -OCH3 is 1. The molecule has 3 unspecified atom stereocenters. The minimum atomic E-state index is -2.43. The van der Waals surface area contributed by atoms with Gasteiger partial charge in [0.2, 0.25) is 5.60 Å². The second kappa shape index (κ2) is 12.7. The van der Waals surface area contributed by atoms with Crippen molar-refractivity contribution in [3.05, 3.63) is 59.7 Å². The first kappa shape index (κ1) is 30.3. The lowest BCUT2D eigenvalue weighted by Crippen LogP contribution is -2.59. The van der Waals surface area contributed by atoms with E-state index in [1.165, 1.54) is 36.4 Å². The van der Waals surface area contributed by atoms with Gasteiger partial charge < -0.3 is 49.6 Å². The summed E-state index contributed by atoms with van der Waals surface area (Å²) in [6.07, 6.45) is -3.70. The fourth-order valence-corrected chi connectivity index (χ4v) is 3.93. The van der Waals surface area contributed by atoms with Crippen molar-refractivity contribution in [3.8, 4) is 23.0 Å². The van der Waals surface area contributed by atoms with Crippen LogP contribution >= 0.6 is 0 Å². The average Bonchev–Trinajstić information content (AvgIpc) is 2.92. The van der Waals surface area contributed by atoms with Gasteiger partial charge in [-0.3, -0.25) is 0 Å². The normalized spacial score (nSPS) is 22.2. The Kier molecular flexibility index (Phi) is 9.42. The Balaban J connectivity index is 1.82. The monoisotopic (exact) mass is 574 g/mol. The summed E-state index contributed by atoms with van der Waals surface area (Å²) in [5.74, 6) is -5.51. The molecule has 6 N–H and O–H groups in total. The Bertz CT molecular complexity index is 1290. The van der Waals surface area contributed by atoms with Crippen molar-refractivity contribution in [3.63, 3.8) is 0 Å². The molecule has 0 radical (unpaired) electrons. The van der Waals surface area contributed by atoms with Crippen LogP contribution in [0.1, 0.15) is 24.0 Å². The smallest absolute Gasteiger partial charge is 0.504 e. The van der Waals surface area contributed by atoms with E-state index in [0.717, 1.165) is 31.4 Å². The molecule has 3 rings (SSSR count). The first-order valence-corrected chi connectivity index (χ1v) is 11.8. The molecule has 1 aliphatic rings. The number of hydrogen-bond acceptors (Lipinski definition) is 13. The van der Waals surface area contributed by atoms with E-state index < -0.39 is 72.3 Å². The zero-order valence-corrected chi connectivity index (χ0v) is 21.4. The number of carbonyl (C=O) groups is 4. The molecule has 0 bridgehead atoms. The number of aliphatic hydroxyl groups excluding tert-OH is 1. The van der Waals surface area contributed by atoms with Crippen LogP contribution in [-0.2, 0) is 33.3 Å². The quantitative estimate of drug-likeness (QED) is 0.114. The SMILES string of the molecule is COC(=O)OC1(C(=O)O)CC(OC(=O)/C=C/c2ccc(O)c(O)c2)C(O)[C@H](OC(=O)/C=C/c2ccc(O)c(O)c2)C1. The third-order valence-electron chi connectivity index (χ3n) is 6.02. The number of rotatable bonds is 8. The number of aliphatic hydroxyl groups is 1. The molecule has 0 amide bonds. The van der Waals surface area contributed by atoms with Crippen LogP contribution in [0.3, 0.4) is 0 Å². The summed E-state index contributed by atoms with van der Waals surface area (Å²) in [4.78, 5) is 49.1. The highest BCUT2D eigenvalue weighted by atomic mass is 16.7. The summed E-state index contributed by atoms with van der Waals surface area (Å²) in [6.45, 7) is 0. The molecule has 4 atom stereocenters. The van der Waals surface area contributed by atoms with Gasteiger partial charge >= 0.3 is 24.1 Å². The van der Waals surface area contributed by atoms with Crippen molar-refractivity contribution < 1.29 is 68.8 Å². The lowest BCUT2D eigenvalue weighted by molar-refractivity contribution is -0.205. The molecule has 0 heterocycles. The number of phenols is 4. The van der Waals surface area contributed by atoms with Crippen molar-refractivity contribution in [1.29, 1.82) is 0 Å². The van der Waals surface area contributed by atoms with Crippen LogP contribution in [-0.4, -0.2) is 85.7 Å². The number of aliphatic carboxylic acids is 1. The molecule has 0 aromatic heterocycles. The minimum absolute atomic E-state index is 0.288. The van der Waals surface area contributed by atoms with Gasteiger partial charge in [-0.2, -0.15) is 0 Å². The van der Waals surface area contributed by atoms with Crippen molar-refractivity contribution in [2.24, 2.45) is 0 Å². The minimum Gasteiger partial charge on any atom is -0.504 e. The van der Waals surface area contributed by atoms with Gasteiger partial charge in [0.25, 0.3) is 0 Å². The zero-order valence-electron chi connectivity index (χ0n) is 21.4. The summed E-state index contributed by atoms with van der Waals surface area (Å²) >= 11 is 0. The van der Waals surface area contributed by atoms with Crippen molar-refractivity contribution in [2.75, 3.05) is 7.11 Å². The number of esters is 2. The molecule has 14 heteroatoms. The molecule has 1 saturated carbocycles. The third-order valence-corrected chi connectivity index (χ3v) is 6.02. The van der Waals surface area contributed by atoms with Gasteiger partial charge in [0.15, 0.2) is 23.0 Å². The van der Waals surface area contributed by atoms with Crippen LogP contribution in [0.5, 0.6) is 23.0 Å². The molecular formula is C27H26O14. The predicted molar refractivity (Wildman–Crippen MR) is 136 cm³/mol. The summed E-state index contributed by atoms with van der Waals surface area (Å²) in [7, 11) is 0.933. The number of benzene rings is 2. The predicted octanol–water partition coefficient (Wildman–Crippen LogP) is 1.82. The molecular weight excluding hydrogens is 548 g/mol. The zero-order chi connectivity index (χ0) is 30.3. The van der Waals surface area contributed by atoms with E-state index in [1.807, 2.05) is 0 Å². The Morgan fingerprint density at radius 2 is 1.22 bits per heavy atom. The molecule has 0 aliphatic heterocycles. The van der Waals surface area contributed by atoms with Crippen molar-refractivity contribution in [1.82, 2.24) is 0 Å². The Labute approximate surface area is 231 Å². The maximum atomic E-state index is 12.5. The Morgan fingerprint density at radius 1 is 0.780 bits per heavy atom. The van der Waals surface area contributed by atoms with Crippen LogP contribution in [0.25, 0.3) is 12.2 Å². The van der Waals surface area contributed by atoms with Crippen LogP contribution < -0.4 is 0 Å². The number of ether oxygens (including phenoxy) is 4. The highest BCUT2D eigenvalue weighted by Gasteiger charge is 2.56. The molecule has 2 aromatic rings. The summed E-state index contributed by atoms with van der Waals surface area (Å²) < 4.78 is 19.8. The molecule has 2 aromatic carbocycles. The van der Waals surface area contributed by atoms with Gasteiger partial charge in [-0.05, 0) is 47.5 Å². The first-order chi connectivity index (χ1) is 19.3. The van der Waals surface area contributed by atoms with E-state index in [4.69, 9.17) is 14.2 Å². The Morgan fingerprint density at radius 3 is 1.59 bits per heavy atom. The summed E-state index contributed by atoms with van der Waals surface area (Å²) in [5, 5.41) is 58.7. The number of carboxylic acids is 1. The van der Waals surface area contributed by atoms with Gasteiger partial charge in [-0.1, -0.05) is 12.1 Å². The number of phenolic OH excluding ortho intramolecular Hbond substituents is 4. The summed E-state index contributed by atoms with van der Waals surface area (Å²) in [6, 6.07) is 7.39. The van der Waals surface area contributed by atoms with E-state index in [1.54, 1.807) is 0 Å². The molecule has 218 valence electrons. The van der Waals surface area contributed by atoms with Crippen LogP contribution in [0.15, 0.2) is 48.6 Å². The maximum Gasteiger partial charge on any atom is 0.509 e. The van der Waals surface area contributed by atoms with Crippen molar-refractivity contribution >= 4 is 36.2 Å². The lowest BCUT2D eigenvalue weighted by Gasteiger charge is -2.42. The second-order valence-electron chi connectivity index (χ2n) is 8.87. The second-order valence-corrected chi connectivity index (χ2v) is 8.87. The van der Waals surface area contributed by atoms with Crippen LogP contribution in [0.4, 0.5) is 4.79 Å². The highest BCUT2D eigenvalue weighted by Crippen LogP contribution is 2.37. The average molecular weight is 574 g/mol. The molecule has 1 aliphatic carbocycles. The van der Waals surface area contributed by atoms with E-state index in [9.17, 15) is 49.8 Å². The molecule has 1 fully saturated rings. The largest absolute Gasteiger partial charge is 0.509 e. The first-order valence-electron chi connectivity index (χ1n) is 11.8. The molecule has 0 spiro atoms. The fourth-order valence-electron chi connectivity index (χ4n) is 3.93. The number of carboxylic acid groups (broad SMARTS) is 1. The van der Waals surface area contributed by atoms with Gasteiger partial charge in [-0.25, -0.2) is 19.2 Å². The maximum absolute atomic E-state index is 12.5. The summed E-state index contributed by atoms with van der Waals surface area (Å²) in [5.41, 5.74) is -1.85. The molecule has 0 saturated heterocycles. The van der Waals surface area contributed by atoms with Crippen LogP contribution in [0, 0.1) is 0 Å². The van der Waals surface area contributed by atoms with Crippen molar-refractivity contribution in [2.45, 2.75) is 36.8 Å². The van der Waals surface area contributed by atoms with E-state index in [2.05, 4.69) is 4.74 Å². The van der Waals surface area contributed by atoms with Gasteiger partial charge in [0.1, 0.15) is 18.3 Å². The van der Waals surface area contributed by atoms with Gasteiger partial charge in [0.05, 0.1) is 7.11 Å². The number of aromatic hydroxyl groups is 4. The highest BCUT2D eigenvalue weighted by molar-refractivity contribution is 5.88. The fraction of sp³-hybridized carbons (Fsp3) is 0.259. The lowest BCUT2D eigenvalue weighted by atomic mass is 9.79. The standard InChI is InChI=1S/C27H26O14/c1-38-26(37)41-27(25(35)36)12-20(39-22(32)8-4-14-2-6-16(28)18(30)10-14)24(34)21(13-27)40-23(33)9-5-15-3-7-17(29)19(31)11-15/h2-11,20-21,24,28-31,34H,12-13H2,1H3,(H,35,36)/b8-4+,9-5+/t20-,21?,24?,27?/m1/s1. The topological polar surface area (TPSA) is 227 Å².